The summed E-state index contributed by atoms with van der Waals surface area (Å²) in [6, 6.07) is 4.21. The van der Waals surface area contributed by atoms with E-state index in [1.165, 1.54) is 0 Å². The second kappa shape index (κ2) is 7.34. The Kier molecular flexibility index (Phi) is 6.09. The van der Waals surface area contributed by atoms with Crippen LogP contribution in [-0.4, -0.2) is 36.4 Å². The van der Waals surface area contributed by atoms with Gasteiger partial charge in [-0.3, -0.25) is 4.98 Å². The van der Waals surface area contributed by atoms with Crippen LogP contribution in [0.5, 0.6) is 0 Å². The number of hydrogen-bond donors (Lipinski definition) is 1. The lowest BCUT2D eigenvalue weighted by atomic mass is 10.1. The average molecular weight is 252 g/mol. The first-order valence-electron chi connectivity index (χ1n) is 6.53. The Hall–Kier alpha value is -1.13. The number of hydrogen-bond acceptors (Lipinski definition) is 4. The highest BCUT2D eigenvalue weighted by Gasteiger charge is 2.14. The first kappa shape index (κ1) is 14.9. The van der Waals surface area contributed by atoms with E-state index in [2.05, 4.69) is 23.7 Å². The lowest BCUT2D eigenvalue weighted by molar-refractivity contribution is 0.169. The molecule has 0 radical (unpaired) electrons. The van der Waals surface area contributed by atoms with Crippen LogP contribution >= 0.6 is 0 Å². The molecule has 102 valence electrons. The number of anilines is 1. The minimum atomic E-state index is -0.467. The smallest absolute Gasteiger partial charge is 0.0957 e. The predicted molar refractivity (Wildman–Crippen MR) is 73.8 cm³/mol. The van der Waals surface area contributed by atoms with Crippen LogP contribution in [0.15, 0.2) is 18.3 Å². The number of aliphatic hydroxyl groups is 1. The summed E-state index contributed by atoms with van der Waals surface area (Å²) in [5.41, 5.74) is 1.80. The molecule has 0 spiro atoms. The van der Waals surface area contributed by atoms with E-state index in [1.54, 1.807) is 7.11 Å². The van der Waals surface area contributed by atoms with E-state index >= 15 is 0 Å². The van der Waals surface area contributed by atoms with E-state index in [9.17, 15) is 5.11 Å². The standard InChI is InChI=1S/C14H24N2O2/c1-5-14(17)13-8-7-12(9-15-13)16(6-2)11(3)10-18-4/h7-9,11,14,17H,5-6,10H2,1-4H3/t11?,14-/m1/s1. The number of likely N-dealkylation sites (N-methyl/N-ethyl adjacent to an activating group) is 1. The van der Waals surface area contributed by atoms with Crippen molar-refractivity contribution in [1.82, 2.24) is 4.98 Å². The van der Waals surface area contributed by atoms with Gasteiger partial charge < -0.3 is 14.7 Å². The molecule has 0 aromatic carbocycles. The highest BCUT2D eigenvalue weighted by molar-refractivity contribution is 5.45. The Labute approximate surface area is 110 Å². The first-order valence-corrected chi connectivity index (χ1v) is 6.53. The fraction of sp³-hybridized carbons (Fsp3) is 0.643. The van der Waals surface area contributed by atoms with E-state index in [4.69, 9.17) is 4.74 Å². The van der Waals surface area contributed by atoms with Gasteiger partial charge in [0, 0.05) is 19.7 Å². The number of aromatic nitrogens is 1. The Bertz CT molecular complexity index is 340. The fourth-order valence-electron chi connectivity index (χ4n) is 2.05. The summed E-state index contributed by atoms with van der Waals surface area (Å²) in [4.78, 5) is 6.56. The maximum Gasteiger partial charge on any atom is 0.0957 e. The lowest BCUT2D eigenvalue weighted by Crippen LogP contribution is -2.36. The van der Waals surface area contributed by atoms with Crippen LogP contribution in [0, 0.1) is 0 Å². The van der Waals surface area contributed by atoms with Crippen molar-refractivity contribution in [3.05, 3.63) is 24.0 Å². The molecule has 1 unspecified atom stereocenters. The molecule has 1 heterocycles. The van der Waals surface area contributed by atoms with E-state index < -0.39 is 6.10 Å². The normalized spacial score (nSPS) is 14.3. The zero-order valence-electron chi connectivity index (χ0n) is 11.8. The van der Waals surface area contributed by atoms with Crippen LogP contribution < -0.4 is 4.90 Å². The van der Waals surface area contributed by atoms with Crippen molar-refractivity contribution in [1.29, 1.82) is 0 Å². The second-order valence-corrected chi connectivity index (χ2v) is 4.46. The largest absolute Gasteiger partial charge is 0.387 e. The zero-order valence-corrected chi connectivity index (χ0v) is 11.8. The molecule has 1 N–H and O–H groups in total. The third kappa shape index (κ3) is 3.68. The molecule has 4 nitrogen and oxygen atoms in total. The monoisotopic (exact) mass is 252 g/mol. The zero-order chi connectivity index (χ0) is 13.5. The Balaban J connectivity index is 2.81. The van der Waals surface area contributed by atoms with Gasteiger partial charge in [0.15, 0.2) is 0 Å². The van der Waals surface area contributed by atoms with Gasteiger partial charge >= 0.3 is 0 Å². The van der Waals surface area contributed by atoms with Gasteiger partial charge in [0.1, 0.15) is 0 Å². The predicted octanol–water partition coefficient (Wildman–Crippen LogP) is 2.39. The van der Waals surface area contributed by atoms with Gasteiger partial charge in [-0.25, -0.2) is 0 Å². The molecule has 18 heavy (non-hydrogen) atoms. The highest BCUT2D eigenvalue weighted by atomic mass is 16.5. The van der Waals surface area contributed by atoms with Gasteiger partial charge in [0.25, 0.3) is 0 Å². The molecule has 0 fully saturated rings. The summed E-state index contributed by atoms with van der Waals surface area (Å²) in [5.74, 6) is 0. The number of aliphatic hydroxyl groups excluding tert-OH is 1. The number of pyridine rings is 1. The molecule has 0 amide bonds. The van der Waals surface area contributed by atoms with Gasteiger partial charge in [0.2, 0.25) is 0 Å². The summed E-state index contributed by atoms with van der Waals surface area (Å²) in [6.45, 7) is 7.77. The Morgan fingerprint density at radius 2 is 2.11 bits per heavy atom. The quantitative estimate of drug-likeness (QED) is 0.809. The molecular weight excluding hydrogens is 228 g/mol. The molecule has 0 saturated carbocycles. The number of methoxy groups -OCH3 is 1. The molecule has 4 heteroatoms. The number of nitrogens with zero attached hydrogens (tertiary/aromatic N) is 2. The topological polar surface area (TPSA) is 45.6 Å². The number of ether oxygens (including phenoxy) is 1. The van der Waals surface area contributed by atoms with Crippen molar-refractivity contribution in [2.24, 2.45) is 0 Å². The SMILES string of the molecule is CC[C@@H](O)c1ccc(N(CC)C(C)COC)cn1. The van der Waals surface area contributed by atoms with Crippen LogP contribution in [0.1, 0.15) is 39.0 Å². The van der Waals surface area contributed by atoms with Crippen LogP contribution in [0.2, 0.25) is 0 Å². The second-order valence-electron chi connectivity index (χ2n) is 4.46. The molecule has 0 saturated heterocycles. The van der Waals surface area contributed by atoms with Crippen molar-refractivity contribution in [2.45, 2.75) is 39.3 Å². The minimum absolute atomic E-state index is 0.309. The van der Waals surface area contributed by atoms with E-state index in [0.717, 1.165) is 17.9 Å². The van der Waals surface area contributed by atoms with Crippen LogP contribution in [0.4, 0.5) is 5.69 Å². The van der Waals surface area contributed by atoms with Crippen LogP contribution in [-0.2, 0) is 4.74 Å². The lowest BCUT2D eigenvalue weighted by Gasteiger charge is -2.29. The van der Waals surface area contributed by atoms with E-state index in [0.29, 0.717) is 19.1 Å². The summed E-state index contributed by atoms with van der Waals surface area (Å²) < 4.78 is 5.19. The molecule has 0 aliphatic carbocycles. The van der Waals surface area contributed by atoms with E-state index in [-0.39, 0.29) is 0 Å². The van der Waals surface area contributed by atoms with Gasteiger partial charge in [-0.05, 0) is 32.4 Å². The van der Waals surface area contributed by atoms with Gasteiger partial charge in [-0.1, -0.05) is 6.92 Å². The maximum absolute atomic E-state index is 9.71. The average Bonchev–Trinajstić information content (AvgIpc) is 2.40. The summed E-state index contributed by atoms with van der Waals surface area (Å²) in [7, 11) is 1.71. The minimum Gasteiger partial charge on any atom is -0.387 e. The molecule has 0 aliphatic heterocycles. The van der Waals surface area contributed by atoms with Gasteiger partial charge in [-0.15, -0.1) is 0 Å². The Morgan fingerprint density at radius 1 is 1.39 bits per heavy atom. The van der Waals surface area contributed by atoms with E-state index in [1.807, 2.05) is 25.3 Å². The first-order chi connectivity index (χ1) is 8.63. The summed E-state index contributed by atoms with van der Waals surface area (Å²) in [6.07, 6.45) is 2.04. The van der Waals surface area contributed by atoms with Crippen LogP contribution in [0.3, 0.4) is 0 Å². The summed E-state index contributed by atoms with van der Waals surface area (Å²) >= 11 is 0. The van der Waals surface area contributed by atoms with Crippen molar-refractivity contribution < 1.29 is 9.84 Å². The molecule has 2 atom stereocenters. The maximum atomic E-state index is 9.71. The molecule has 1 aromatic heterocycles. The van der Waals surface area contributed by atoms with Gasteiger partial charge in [0.05, 0.1) is 30.3 Å². The molecule has 0 bridgehead atoms. The van der Waals surface area contributed by atoms with Crippen molar-refractivity contribution in [2.75, 3.05) is 25.2 Å². The van der Waals surface area contributed by atoms with Crippen LogP contribution in [0.25, 0.3) is 0 Å². The van der Waals surface area contributed by atoms with Crippen molar-refractivity contribution in [3.63, 3.8) is 0 Å². The summed E-state index contributed by atoms with van der Waals surface area (Å²) in [5, 5.41) is 9.71. The molecule has 0 aliphatic rings. The van der Waals surface area contributed by atoms with Crippen molar-refractivity contribution in [3.8, 4) is 0 Å². The molecular formula is C14H24N2O2. The van der Waals surface area contributed by atoms with Gasteiger partial charge in [-0.2, -0.15) is 0 Å². The Morgan fingerprint density at radius 3 is 2.56 bits per heavy atom. The third-order valence-corrected chi connectivity index (χ3v) is 3.11. The third-order valence-electron chi connectivity index (χ3n) is 3.11. The van der Waals surface area contributed by atoms with Crippen molar-refractivity contribution >= 4 is 5.69 Å². The molecule has 1 rings (SSSR count). The molecule has 1 aromatic rings. The highest BCUT2D eigenvalue weighted by Crippen LogP contribution is 2.19. The number of rotatable bonds is 7. The fourth-order valence-corrected chi connectivity index (χ4v) is 2.05.